The summed E-state index contributed by atoms with van der Waals surface area (Å²) in [6.45, 7) is 0. The van der Waals surface area contributed by atoms with Crippen molar-refractivity contribution in [3.63, 3.8) is 0 Å². The maximum atomic E-state index is 13.1. The molecular formula is C14H9ClF2O3S. The van der Waals surface area contributed by atoms with Crippen molar-refractivity contribution >= 4 is 28.4 Å². The van der Waals surface area contributed by atoms with Crippen LogP contribution in [0.5, 0.6) is 0 Å². The fraction of sp³-hybridized carbons (Fsp3) is 0.0714. The normalized spacial score (nSPS) is 12.1. The van der Waals surface area contributed by atoms with Gasteiger partial charge in [0, 0.05) is 11.0 Å². The van der Waals surface area contributed by atoms with Gasteiger partial charge in [-0.3, -0.25) is 4.21 Å². The maximum absolute atomic E-state index is 13.1. The second kappa shape index (κ2) is 6.32. The molecule has 1 atom stereocenters. The molecule has 0 radical (unpaired) electrons. The zero-order valence-corrected chi connectivity index (χ0v) is 12.0. The first kappa shape index (κ1) is 15.6. The van der Waals surface area contributed by atoms with Crippen molar-refractivity contribution in [2.24, 2.45) is 0 Å². The third-order valence-corrected chi connectivity index (χ3v) is 4.36. The number of carboxylic acid groups (broad SMARTS) is 1. The van der Waals surface area contributed by atoms with Gasteiger partial charge in [0.05, 0.1) is 27.1 Å². The highest BCUT2D eigenvalue weighted by molar-refractivity contribution is 7.84. The molecule has 2 aromatic carbocycles. The molecular weight excluding hydrogens is 322 g/mol. The van der Waals surface area contributed by atoms with E-state index in [2.05, 4.69) is 0 Å². The number of aromatic carboxylic acids is 1. The van der Waals surface area contributed by atoms with Gasteiger partial charge in [-0.2, -0.15) is 0 Å². The molecule has 0 aliphatic rings. The van der Waals surface area contributed by atoms with E-state index >= 15 is 0 Å². The van der Waals surface area contributed by atoms with Crippen LogP contribution in [0, 0.1) is 11.6 Å². The van der Waals surface area contributed by atoms with E-state index in [1.165, 1.54) is 18.2 Å². The summed E-state index contributed by atoms with van der Waals surface area (Å²) in [7, 11) is -1.64. The van der Waals surface area contributed by atoms with Crippen LogP contribution in [0.2, 0.25) is 5.02 Å². The number of hydrogen-bond donors (Lipinski definition) is 1. The molecule has 2 rings (SSSR count). The van der Waals surface area contributed by atoms with Gasteiger partial charge in [0.25, 0.3) is 0 Å². The van der Waals surface area contributed by atoms with E-state index < -0.39 is 28.4 Å². The number of halogens is 3. The smallest absolute Gasteiger partial charge is 0.337 e. The Kier molecular flexibility index (Phi) is 4.69. The van der Waals surface area contributed by atoms with E-state index in [9.17, 15) is 17.8 Å². The minimum atomic E-state index is -1.64. The monoisotopic (exact) mass is 330 g/mol. The van der Waals surface area contributed by atoms with Crippen molar-refractivity contribution < 1.29 is 22.9 Å². The maximum Gasteiger partial charge on any atom is 0.337 e. The SMILES string of the molecule is O=C(O)c1cc(S(=O)Cc2cc(F)cc(F)c2)ccc1Cl. The third-order valence-electron chi connectivity index (χ3n) is 2.65. The molecule has 0 aromatic heterocycles. The van der Waals surface area contributed by atoms with Gasteiger partial charge in [-0.05, 0) is 35.9 Å². The topological polar surface area (TPSA) is 54.4 Å². The Labute approximate surface area is 126 Å². The number of benzene rings is 2. The lowest BCUT2D eigenvalue weighted by Gasteiger charge is -2.06. The predicted octanol–water partition coefficient (Wildman–Crippen LogP) is 3.62. The highest BCUT2D eigenvalue weighted by atomic mass is 35.5. The molecule has 1 N–H and O–H groups in total. The first-order valence-corrected chi connectivity index (χ1v) is 7.42. The number of carboxylic acids is 1. The standard InChI is InChI=1S/C14H9ClF2O3S/c15-13-2-1-11(6-12(13)14(18)19)21(20)7-8-3-9(16)5-10(17)4-8/h1-6H,7H2,(H,18,19). The summed E-state index contributed by atoms with van der Waals surface area (Å²) >= 11 is 5.72. The van der Waals surface area contributed by atoms with Crippen molar-refractivity contribution in [2.45, 2.75) is 10.6 Å². The molecule has 0 amide bonds. The van der Waals surface area contributed by atoms with Crippen LogP contribution in [0.4, 0.5) is 8.78 Å². The summed E-state index contributed by atoms with van der Waals surface area (Å²) in [5.74, 6) is -2.89. The Morgan fingerprint density at radius 3 is 2.33 bits per heavy atom. The fourth-order valence-electron chi connectivity index (χ4n) is 1.74. The van der Waals surface area contributed by atoms with Gasteiger partial charge in [-0.15, -0.1) is 0 Å². The van der Waals surface area contributed by atoms with Crippen LogP contribution < -0.4 is 0 Å². The van der Waals surface area contributed by atoms with Crippen LogP contribution >= 0.6 is 11.6 Å². The largest absolute Gasteiger partial charge is 0.478 e. The number of hydrogen-bond acceptors (Lipinski definition) is 2. The highest BCUT2D eigenvalue weighted by Crippen LogP contribution is 2.21. The summed E-state index contributed by atoms with van der Waals surface area (Å²) in [5.41, 5.74) is 0.0468. The van der Waals surface area contributed by atoms with Crippen LogP contribution in [0.3, 0.4) is 0 Å². The highest BCUT2D eigenvalue weighted by Gasteiger charge is 2.13. The van der Waals surface area contributed by atoms with Crippen LogP contribution in [0.15, 0.2) is 41.3 Å². The summed E-state index contributed by atoms with van der Waals surface area (Å²) in [4.78, 5) is 11.2. The fourth-order valence-corrected chi connectivity index (χ4v) is 3.04. The van der Waals surface area contributed by atoms with Gasteiger partial charge in [0.15, 0.2) is 0 Å². The molecule has 0 bridgehead atoms. The second-order valence-electron chi connectivity index (χ2n) is 4.21. The van der Waals surface area contributed by atoms with Gasteiger partial charge in [-0.1, -0.05) is 11.6 Å². The van der Waals surface area contributed by atoms with Gasteiger partial charge in [-0.25, -0.2) is 13.6 Å². The van der Waals surface area contributed by atoms with E-state index in [0.29, 0.717) is 0 Å². The number of carbonyl (C=O) groups is 1. The lowest BCUT2D eigenvalue weighted by molar-refractivity contribution is 0.0697. The van der Waals surface area contributed by atoms with E-state index in [0.717, 1.165) is 18.2 Å². The Morgan fingerprint density at radius 2 is 1.76 bits per heavy atom. The zero-order valence-electron chi connectivity index (χ0n) is 10.5. The Morgan fingerprint density at radius 1 is 1.14 bits per heavy atom. The molecule has 110 valence electrons. The number of rotatable bonds is 4. The minimum absolute atomic E-state index is 0.0278. The molecule has 0 saturated heterocycles. The van der Waals surface area contributed by atoms with Gasteiger partial charge < -0.3 is 5.11 Å². The minimum Gasteiger partial charge on any atom is -0.478 e. The van der Waals surface area contributed by atoms with Crippen LogP contribution in [0.25, 0.3) is 0 Å². The molecule has 0 aliphatic heterocycles. The molecule has 0 fully saturated rings. The molecule has 7 heteroatoms. The average Bonchev–Trinajstić information content (AvgIpc) is 2.37. The lowest BCUT2D eigenvalue weighted by Crippen LogP contribution is -2.02. The quantitative estimate of drug-likeness (QED) is 0.931. The first-order chi connectivity index (χ1) is 9.86. The Balaban J connectivity index is 2.28. The van der Waals surface area contributed by atoms with Crippen molar-refractivity contribution in [3.8, 4) is 0 Å². The summed E-state index contributed by atoms with van der Waals surface area (Å²) < 4.78 is 38.3. The van der Waals surface area contributed by atoms with Crippen molar-refractivity contribution in [1.82, 2.24) is 0 Å². The molecule has 1 unspecified atom stereocenters. The Hall–Kier alpha value is -1.79. The molecule has 0 saturated carbocycles. The predicted molar refractivity (Wildman–Crippen MR) is 74.9 cm³/mol. The van der Waals surface area contributed by atoms with Crippen molar-refractivity contribution in [2.75, 3.05) is 0 Å². The molecule has 21 heavy (non-hydrogen) atoms. The van der Waals surface area contributed by atoms with Crippen molar-refractivity contribution in [1.29, 1.82) is 0 Å². The van der Waals surface area contributed by atoms with Gasteiger partial charge in [0.2, 0.25) is 0 Å². The molecule has 0 spiro atoms. The average molecular weight is 331 g/mol. The summed E-state index contributed by atoms with van der Waals surface area (Å²) in [6, 6.07) is 6.81. The van der Waals surface area contributed by atoms with E-state index in [1.807, 2.05) is 0 Å². The molecule has 0 heterocycles. The van der Waals surface area contributed by atoms with Crippen LogP contribution in [-0.2, 0) is 16.6 Å². The molecule has 2 aromatic rings. The summed E-state index contributed by atoms with van der Waals surface area (Å²) in [6.07, 6.45) is 0. The second-order valence-corrected chi connectivity index (χ2v) is 6.07. The summed E-state index contributed by atoms with van der Waals surface area (Å²) in [5, 5.41) is 8.98. The third kappa shape index (κ3) is 3.86. The van der Waals surface area contributed by atoms with E-state index in [-0.39, 0.29) is 26.8 Å². The molecule has 0 aliphatic carbocycles. The van der Waals surface area contributed by atoms with Crippen molar-refractivity contribution in [3.05, 3.63) is 64.2 Å². The zero-order chi connectivity index (χ0) is 15.6. The van der Waals surface area contributed by atoms with Gasteiger partial charge >= 0.3 is 5.97 Å². The molecule has 3 nitrogen and oxygen atoms in total. The van der Waals surface area contributed by atoms with Crippen LogP contribution in [-0.4, -0.2) is 15.3 Å². The first-order valence-electron chi connectivity index (χ1n) is 5.73. The van der Waals surface area contributed by atoms with Crippen LogP contribution in [0.1, 0.15) is 15.9 Å². The Bertz CT molecular complexity index is 714. The van der Waals surface area contributed by atoms with Gasteiger partial charge in [0.1, 0.15) is 11.6 Å². The lowest BCUT2D eigenvalue weighted by atomic mass is 10.2. The van der Waals surface area contributed by atoms with E-state index in [4.69, 9.17) is 16.7 Å². The van der Waals surface area contributed by atoms with E-state index in [1.54, 1.807) is 0 Å².